The van der Waals surface area contributed by atoms with Gasteiger partial charge in [0.25, 0.3) is 0 Å². The van der Waals surface area contributed by atoms with Crippen molar-refractivity contribution < 1.29 is 14.6 Å². The second kappa shape index (κ2) is 5.45. The fourth-order valence-corrected chi connectivity index (χ4v) is 2.68. The van der Waals surface area contributed by atoms with Gasteiger partial charge in [-0.05, 0) is 39.5 Å². The highest BCUT2D eigenvalue weighted by molar-refractivity contribution is 5.74. The third-order valence-electron chi connectivity index (χ3n) is 3.74. The van der Waals surface area contributed by atoms with E-state index < -0.39 is 0 Å². The Bertz CT molecular complexity index is 299. The predicted octanol–water partition coefficient (Wildman–Crippen LogP) is 1.11. The number of nitrogens with one attached hydrogen (secondary N) is 1. The van der Waals surface area contributed by atoms with Gasteiger partial charge in [-0.2, -0.15) is 0 Å². The van der Waals surface area contributed by atoms with E-state index in [1.807, 2.05) is 18.7 Å². The number of urea groups is 1. The highest BCUT2D eigenvalue weighted by Gasteiger charge is 2.31. The van der Waals surface area contributed by atoms with Crippen LogP contribution >= 0.6 is 0 Å². The lowest BCUT2D eigenvalue weighted by Crippen LogP contribution is -2.55. The van der Waals surface area contributed by atoms with E-state index in [-0.39, 0.29) is 23.8 Å². The number of nitrogens with zero attached hydrogens (tertiary/aromatic N) is 1. The standard InChI is InChI=1S/C13H24N2O3/c1-13(2)9-15(7-8-18-13)12(17)14-10-3-5-11(16)6-4-10/h10-11,16H,3-9H2,1-2H3,(H,14,17). The van der Waals surface area contributed by atoms with E-state index in [1.165, 1.54) is 0 Å². The summed E-state index contributed by atoms with van der Waals surface area (Å²) in [6, 6.07) is 0.222. The van der Waals surface area contributed by atoms with Gasteiger partial charge in [-0.1, -0.05) is 0 Å². The number of amides is 2. The smallest absolute Gasteiger partial charge is 0.317 e. The molecule has 2 amide bonds. The van der Waals surface area contributed by atoms with Crippen molar-refractivity contribution in [3.63, 3.8) is 0 Å². The quantitative estimate of drug-likeness (QED) is 0.739. The average molecular weight is 256 g/mol. The number of ether oxygens (including phenoxy) is 1. The van der Waals surface area contributed by atoms with Crippen molar-refractivity contribution >= 4 is 6.03 Å². The molecule has 1 saturated heterocycles. The van der Waals surface area contributed by atoms with Gasteiger partial charge in [0.2, 0.25) is 0 Å². The normalized spacial score (nSPS) is 32.1. The van der Waals surface area contributed by atoms with Crippen molar-refractivity contribution in [1.29, 1.82) is 0 Å². The number of rotatable bonds is 1. The van der Waals surface area contributed by atoms with Crippen LogP contribution in [-0.2, 0) is 4.74 Å². The molecule has 0 unspecified atom stereocenters. The lowest BCUT2D eigenvalue weighted by Gasteiger charge is -2.39. The predicted molar refractivity (Wildman–Crippen MR) is 68.4 cm³/mol. The highest BCUT2D eigenvalue weighted by Crippen LogP contribution is 2.20. The fraction of sp³-hybridized carbons (Fsp3) is 0.923. The zero-order valence-electron chi connectivity index (χ0n) is 11.3. The molecule has 0 radical (unpaired) electrons. The lowest BCUT2D eigenvalue weighted by molar-refractivity contribution is -0.0736. The van der Waals surface area contributed by atoms with Crippen LogP contribution in [0.15, 0.2) is 0 Å². The molecule has 0 bridgehead atoms. The first-order valence-corrected chi connectivity index (χ1v) is 6.84. The average Bonchev–Trinajstić information content (AvgIpc) is 2.31. The van der Waals surface area contributed by atoms with E-state index in [1.54, 1.807) is 0 Å². The molecule has 2 N–H and O–H groups in total. The van der Waals surface area contributed by atoms with Crippen LogP contribution in [0.4, 0.5) is 4.79 Å². The molecule has 2 aliphatic rings. The molecule has 1 aliphatic heterocycles. The Hall–Kier alpha value is -0.810. The summed E-state index contributed by atoms with van der Waals surface area (Å²) in [6.07, 6.45) is 3.15. The molecule has 0 aromatic carbocycles. The van der Waals surface area contributed by atoms with Crippen LogP contribution in [-0.4, -0.2) is 53.5 Å². The van der Waals surface area contributed by atoms with Crippen LogP contribution in [0.5, 0.6) is 0 Å². The first-order chi connectivity index (χ1) is 8.46. The Balaban J connectivity index is 1.80. The number of hydrogen-bond donors (Lipinski definition) is 2. The lowest BCUT2D eigenvalue weighted by atomic mass is 9.93. The maximum absolute atomic E-state index is 12.1. The van der Waals surface area contributed by atoms with E-state index in [4.69, 9.17) is 4.74 Å². The zero-order chi connectivity index (χ0) is 13.2. The van der Waals surface area contributed by atoms with Crippen LogP contribution in [0.1, 0.15) is 39.5 Å². The number of carbonyl (C=O) groups is 1. The molecule has 5 nitrogen and oxygen atoms in total. The second-order valence-corrected chi connectivity index (χ2v) is 5.98. The van der Waals surface area contributed by atoms with E-state index in [2.05, 4.69) is 5.32 Å². The number of aliphatic hydroxyl groups is 1. The van der Waals surface area contributed by atoms with Gasteiger partial charge in [-0.25, -0.2) is 4.79 Å². The van der Waals surface area contributed by atoms with Crippen molar-refractivity contribution in [2.24, 2.45) is 0 Å². The molecule has 2 fully saturated rings. The maximum atomic E-state index is 12.1. The Morgan fingerprint density at radius 3 is 2.61 bits per heavy atom. The SMILES string of the molecule is CC1(C)CN(C(=O)NC2CCC(O)CC2)CCO1. The van der Waals surface area contributed by atoms with Crippen molar-refractivity contribution in [3.05, 3.63) is 0 Å². The Morgan fingerprint density at radius 1 is 1.33 bits per heavy atom. The second-order valence-electron chi connectivity index (χ2n) is 5.98. The van der Waals surface area contributed by atoms with Gasteiger partial charge >= 0.3 is 6.03 Å². The Labute approximate surface area is 108 Å². The first-order valence-electron chi connectivity index (χ1n) is 6.84. The Kier molecular flexibility index (Phi) is 4.12. The third-order valence-corrected chi connectivity index (χ3v) is 3.74. The molecule has 1 aliphatic carbocycles. The molecule has 0 spiro atoms. The van der Waals surface area contributed by atoms with Crippen LogP contribution in [0, 0.1) is 0 Å². The van der Waals surface area contributed by atoms with Gasteiger partial charge in [0, 0.05) is 12.6 Å². The molecule has 0 aromatic rings. The third kappa shape index (κ3) is 3.59. The minimum atomic E-state index is -0.252. The van der Waals surface area contributed by atoms with E-state index >= 15 is 0 Å². The summed E-state index contributed by atoms with van der Waals surface area (Å²) in [5.74, 6) is 0. The van der Waals surface area contributed by atoms with Crippen LogP contribution in [0.3, 0.4) is 0 Å². The van der Waals surface area contributed by atoms with Crippen molar-refractivity contribution in [3.8, 4) is 0 Å². The summed E-state index contributed by atoms with van der Waals surface area (Å²) < 4.78 is 5.60. The molecule has 5 heteroatoms. The molecule has 0 atom stereocenters. The molecular weight excluding hydrogens is 232 g/mol. The molecule has 18 heavy (non-hydrogen) atoms. The van der Waals surface area contributed by atoms with Crippen LogP contribution in [0.2, 0.25) is 0 Å². The largest absolute Gasteiger partial charge is 0.393 e. The summed E-state index contributed by atoms with van der Waals surface area (Å²) in [5.41, 5.74) is -0.252. The van der Waals surface area contributed by atoms with Crippen molar-refractivity contribution in [1.82, 2.24) is 10.2 Å². The molecular formula is C13H24N2O3. The number of carbonyl (C=O) groups excluding carboxylic acids is 1. The molecule has 2 rings (SSSR count). The summed E-state index contributed by atoms with van der Waals surface area (Å²) in [4.78, 5) is 14.0. The van der Waals surface area contributed by atoms with Gasteiger partial charge in [0.05, 0.1) is 24.9 Å². The molecule has 1 heterocycles. The summed E-state index contributed by atoms with van der Waals surface area (Å²) in [5, 5.41) is 12.5. The number of aliphatic hydroxyl groups excluding tert-OH is 1. The monoisotopic (exact) mass is 256 g/mol. The van der Waals surface area contributed by atoms with Crippen LogP contribution in [0.25, 0.3) is 0 Å². The first kappa shape index (κ1) is 13.6. The van der Waals surface area contributed by atoms with Crippen molar-refractivity contribution in [2.45, 2.75) is 57.3 Å². The van der Waals surface area contributed by atoms with Gasteiger partial charge in [-0.3, -0.25) is 0 Å². The summed E-state index contributed by atoms with van der Waals surface area (Å²) in [7, 11) is 0. The topological polar surface area (TPSA) is 61.8 Å². The van der Waals surface area contributed by atoms with Gasteiger partial charge in [-0.15, -0.1) is 0 Å². The number of morpholine rings is 1. The maximum Gasteiger partial charge on any atom is 0.317 e. The molecule has 0 aromatic heterocycles. The van der Waals surface area contributed by atoms with Crippen LogP contribution < -0.4 is 5.32 Å². The summed E-state index contributed by atoms with van der Waals surface area (Å²) >= 11 is 0. The minimum Gasteiger partial charge on any atom is -0.393 e. The minimum absolute atomic E-state index is 0.00719. The molecule has 104 valence electrons. The van der Waals surface area contributed by atoms with Gasteiger partial charge < -0.3 is 20.1 Å². The fourth-order valence-electron chi connectivity index (χ4n) is 2.68. The van der Waals surface area contributed by atoms with E-state index in [0.29, 0.717) is 19.7 Å². The van der Waals surface area contributed by atoms with E-state index in [9.17, 15) is 9.90 Å². The van der Waals surface area contributed by atoms with Gasteiger partial charge in [0.1, 0.15) is 0 Å². The number of hydrogen-bond acceptors (Lipinski definition) is 3. The van der Waals surface area contributed by atoms with Crippen molar-refractivity contribution in [2.75, 3.05) is 19.7 Å². The zero-order valence-corrected chi connectivity index (χ0v) is 11.3. The van der Waals surface area contributed by atoms with E-state index in [0.717, 1.165) is 25.7 Å². The molecule has 1 saturated carbocycles. The Morgan fingerprint density at radius 2 is 2.00 bits per heavy atom. The van der Waals surface area contributed by atoms with Gasteiger partial charge in [0.15, 0.2) is 0 Å². The highest BCUT2D eigenvalue weighted by atomic mass is 16.5. The summed E-state index contributed by atoms with van der Waals surface area (Å²) in [6.45, 7) is 5.90.